The average Bonchev–Trinajstić information content (AvgIpc) is 2.98. The van der Waals surface area contributed by atoms with Crippen LogP contribution in [-0.2, 0) is 27.2 Å². The molecule has 1 amide bonds. The lowest BCUT2D eigenvalue weighted by Gasteiger charge is -2.34. The van der Waals surface area contributed by atoms with Gasteiger partial charge in [-0.15, -0.1) is 0 Å². The van der Waals surface area contributed by atoms with Crippen LogP contribution in [0.2, 0.25) is 0 Å². The number of carbonyl (C=O) groups is 3. The molecule has 7 nitrogen and oxygen atoms in total. The van der Waals surface area contributed by atoms with E-state index in [0.29, 0.717) is 43.9 Å². The number of Topliss-reactive ketones (excluding diaryl/α,β-unsaturated/α-hetero) is 1. The van der Waals surface area contributed by atoms with Crippen LogP contribution in [0.15, 0.2) is 66.7 Å². The highest BCUT2D eigenvalue weighted by molar-refractivity contribution is 6.01. The van der Waals surface area contributed by atoms with Gasteiger partial charge in [-0.3, -0.25) is 24.2 Å². The van der Waals surface area contributed by atoms with Crippen LogP contribution in [0.4, 0.5) is 5.69 Å². The van der Waals surface area contributed by atoms with E-state index in [1.807, 2.05) is 73.3 Å². The van der Waals surface area contributed by atoms with Gasteiger partial charge in [-0.05, 0) is 48.9 Å². The van der Waals surface area contributed by atoms with Crippen molar-refractivity contribution in [1.82, 2.24) is 9.80 Å². The predicted molar refractivity (Wildman–Crippen MR) is 162 cm³/mol. The molecule has 1 aliphatic rings. The molecule has 1 heterocycles. The third-order valence-corrected chi connectivity index (χ3v) is 7.76. The van der Waals surface area contributed by atoms with E-state index in [0.717, 1.165) is 40.8 Å². The second-order valence-electron chi connectivity index (χ2n) is 10.7. The van der Waals surface area contributed by atoms with E-state index in [1.165, 1.54) is 0 Å². The fraction of sp³-hybridized carbons (Fsp3) is 0.382. The molecular formula is C34H41N3O4. The van der Waals surface area contributed by atoms with Crippen LogP contribution < -0.4 is 5.32 Å². The molecule has 0 saturated carbocycles. The minimum Gasteiger partial charge on any atom is -0.448 e. The Morgan fingerprint density at radius 2 is 1.27 bits per heavy atom. The lowest BCUT2D eigenvalue weighted by atomic mass is 9.97. The molecule has 1 unspecified atom stereocenters. The number of ketones is 1. The van der Waals surface area contributed by atoms with Gasteiger partial charge in [0.2, 0.25) is 11.7 Å². The summed E-state index contributed by atoms with van der Waals surface area (Å²) in [5, 5.41) is 3.04. The molecule has 0 aromatic heterocycles. The van der Waals surface area contributed by atoms with Crippen LogP contribution in [0.5, 0.6) is 0 Å². The predicted octanol–water partition coefficient (Wildman–Crippen LogP) is 5.15. The monoisotopic (exact) mass is 555 g/mol. The number of piperazine rings is 1. The molecule has 4 rings (SSSR count). The van der Waals surface area contributed by atoms with Crippen molar-refractivity contribution < 1.29 is 19.1 Å². The van der Waals surface area contributed by atoms with Crippen molar-refractivity contribution in [3.05, 3.63) is 100 Å². The largest absolute Gasteiger partial charge is 0.448 e. The smallest absolute Gasteiger partial charge is 0.321 e. The number of rotatable bonds is 11. The maximum Gasteiger partial charge on any atom is 0.321 e. The quantitative estimate of drug-likeness (QED) is 0.260. The number of nitrogens with one attached hydrogen (secondary N) is 1. The summed E-state index contributed by atoms with van der Waals surface area (Å²) in [7, 11) is 0. The summed E-state index contributed by atoms with van der Waals surface area (Å²) in [4.78, 5) is 43.4. The first-order valence-corrected chi connectivity index (χ1v) is 14.5. The Hall–Kier alpha value is -3.81. The zero-order valence-electron chi connectivity index (χ0n) is 24.6. The molecular weight excluding hydrogens is 514 g/mol. The summed E-state index contributed by atoms with van der Waals surface area (Å²) >= 11 is 0. The molecule has 1 aliphatic heterocycles. The molecule has 3 aromatic carbocycles. The van der Waals surface area contributed by atoms with Crippen molar-refractivity contribution >= 4 is 23.3 Å². The molecule has 7 heteroatoms. The third-order valence-electron chi connectivity index (χ3n) is 7.76. The van der Waals surface area contributed by atoms with E-state index in [2.05, 4.69) is 24.1 Å². The second-order valence-corrected chi connectivity index (χ2v) is 10.7. The van der Waals surface area contributed by atoms with E-state index in [-0.39, 0.29) is 18.2 Å². The summed E-state index contributed by atoms with van der Waals surface area (Å²) in [6.07, 6.45) is 0.766. The standard InChI is InChI=1S/C34H41N3O4/c1-5-26-10-14-28(15-11-26)33(40)34(29-16-12-27(6-2)13-17-29)41-31(39)23-37-20-18-36(19-21-37)22-30(38)35-32-24(3)8-7-9-25(32)4/h7-17,34H,5-6,18-23H2,1-4H3,(H,35,38). The van der Waals surface area contributed by atoms with Gasteiger partial charge in [-0.25, -0.2) is 0 Å². The second kappa shape index (κ2) is 14.2. The van der Waals surface area contributed by atoms with Crippen molar-refractivity contribution in [3.8, 4) is 0 Å². The maximum atomic E-state index is 13.5. The Morgan fingerprint density at radius 1 is 0.756 bits per heavy atom. The summed E-state index contributed by atoms with van der Waals surface area (Å²) in [6, 6.07) is 21.1. The molecule has 0 spiro atoms. The number of esters is 1. The van der Waals surface area contributed by atoms with Crippen molar-refractivity contribution in [2.45, 2.75) is 46.6 Å². The van der Waals surface area contributed by atoms with Crippen LogP contribution in [0.3, 0.4) is 0 Å². The van der Waals surface area contributed by atoms with E-state index in [4.69, 9.17) is 4.74 Å². The van der Waals surface area contributed by atoms with E-state index in [1.54, 1.807) is 12.1 Å². The number of amides is 1. The van der Waals surface area contributed by atoms with Crippen molar-refractivity contribution in [2.75, 3.05) is 44.6 Å². The van der Waals surface area contributed by atoms with E-state index >= 15 is 0 Å². The zero-order valence-corrected chi connectivity index (χ0v) is 24.6. The number of ether oxygens (including phenoxy) is 1. The van der Waals surface area contributed by atoms with Crippen LogP contribution >= 0.6 is 0 Å². The Balaban J connectivity index is 1.33. The molecule has 0 bridgehead atoms. The van der Waals surface area contributed by atoms with Gasteiger partial charge < -0.3 is 10.1 Å². The van der Waals surface area contributed by atoms with Gasteiger partial charge in [-0.2, -0.15) is 0 Å². The Bertz CT molecular complexity index is 1320. The molecule has 1 atom stereocenters. The number of anilines is 1. The Kier molecular flexibility index (Phi) is 10.4. The van der Waals surface area contributed by atoms with Crippen LogP contribution in [0.1, 0.15) is 58.1 Å². The molecule has 0 radical (unpaired) electrons. The fourth-order valence-corrected chi connectivity index (χ4v) is 5.11. The van der Waals surface area contributed by atoms with E-state index < -0.39 is 12.1 Å². The first-order valence-electron chi connectivity index (χ1n) is 14.5. The molecule has 0 aliphatic carbocycles. The lowest BCUT2D eigenvalue weighted by molar-refractivity contribution is -0.149. The highest BCUT2D eigenvalue weighted by atomic mass is 16.5. The number of nitrogens with zero attached hydrogens (tertiary/aromatic N) is 2. The first-order chi connectivity index (χ1) is 19.8. The number of para-hydroxylation sites is 1. The highest BCUT2D eigenvalue weighted by Gasteiger charge is 2.28. The maximum absolute atomic E-state index is 13.5. The van der Waals surface area contributed by atoms with Gasteiger partial charge in [0.15, 0.2) is 6.10 Å². The molecule has 1 saturated heterocycles. The Morgan fingerprint density at radius 3 is 1.80 bits per heavy atom. The fourth-order valence-electron chi connectivity index (χ4n) is 5.11. The summed E-state index contributed by atoms with van der Waals surface area (Å²) < 4.78 is 5.86. The summed E-state index contributed by atoms with van der Waals surface area (Å²) in [5.41, 5.74) is 6.43. The van der Waals surface area contributed by atoms with Gasteiger partial charge in [0.1, 0.15) is 0 Å². The molecule has 216 valence electrons. The van der Waals surface area contributed by atoms with Crippen LogP contribution in [-0.4, -0.2) is 66.7 Å². The molecule has 1 N–H and O–H groups in total. The topological polar surface area (TPSA) is 79.0 Å². The average molecular weight is 556 g/mol. The summed E-state index contributed by atoms with van der Waals surface area (Å²) in [5.74, 6) is -0.711. The molecule has 3 aromatic rings. The number of aryl methyl sites for hydroxylation is 4. The van der Waals surface area contributed by atoms with Gasteiger partial charge in [0.05, 0.1) is 13.1 Å². The number of hydrogen-bond donors (Lipinski definition) is 1. The van der Waals surface area contributed by atoms with Gasteiger partial charge in [0, 0.05) is 43.0 Å². The number of carbonyl (C=O) groups excluding carboxylic acids is 3. The van der Waals surface area contributed by atoms with Gasteiger partial charge in [-0.1, -0.05) is 80.6 Å². The summed E-state index contributed by atoms with van der Waals surface area (Å²) in [6.45, 7) is 11.1. The third kappa shape index (κ3) is 8.12. The molecule has 1 fully saturated rings. The van der Waals surface area contributed by atoms with Gasteiger partial charge in [0.25, 0.3) is 0 Å². The van der Waals surface area contributed by atoms with Gasteiger partial charge >= 0.3 is 5.97 Å². The minimum absolute atomic E-state index is 0.0438. The Labute approximate surface area is 243 Å². The number of hydrogen-bond acceptors (Lipinski definition) is 6. The number of benzene rings is 3. The van der Waals surface area contributed by atoms with Crippen molar-refractivity contribution in [1.29, 1.82) is 0 Å². The zero-order chi connectivity index (χ0) is 29.4. The first kappa shape index (κ1) is 30.2. The highest BCUT2D eigenvalue weighted by Crippen LogP contribution is 2.25. The SMILES string of the molecule is CCc1ccc(C(=O)C(OC(=O)CN2CCN(CC(=O)Nc3c(C)cccc3C)CC2)c2ccc(CC)cc2)cc1. The molecule has 41 heavy (non-hydrogen) atoms. The minimum atomic E-state index is -1.00. The van der Waals surface area contributed by atoms with Crippen LogP contribution in [0.25, 0.3) is 0 Å². The van der Waals surface area contributed by atoms with E-state index in [9.17, 15) is 14.4 Å². The van der Waals surface area contributed by atoms with Crippen LogP contribution in [0, 0.1) is 13.8 Å². The van der Waals surface area contributed by atoms with Crippen molar-refractivity contribution in [3.63, 3.8) is 0 Å². The normalized spacial score (nSPS) is 14.8. The lowest BCUT2D eigenvalue weighted by Crippen LogP contribution is -2.50. The van der Waals surface area contributed by atoms with Crippen molar-refractivity contribution in [2.24, 2.45) is 0 Å².